The van der Waals surface area contributed by atoms with E-state index in [9.17, 15) is 4.79 Å². The van der Waals surface area contributed by atoms with Gasteiger partial charge in [0.15, 0.2) is 0 Å². The van der Waals surface area contributed by atoms with Crippen LogP contribution in [0.5, 0.6) is 0 Å². The first-order valence-electron chi connectivity index (χ1n) is 7.56. The Bertz CT molecular complexity index is 389. The number of carbonyl (C=O) groups excluding carboxylic acids is 1. The summed E-state index contributed by atoms with van der Waals surface area (Å²) in [6.45, 7) is 9.98. The minimum atomic E-state index is -0.145. The molecule has 20 heavy (non-hydrogen) atoms. The Morgan fingerprint density at radius 1 is 1.10 bits per heavy atom. The summed E-state index contributed by atoms with van der Waals surface area (Å²) in [6, 6.07) is 10.2. The highest BCUT2D eigenvalue weighted by molar-refractivity contribution is 5.81. The largest absolute Gasteiger partial charge is 0.355 e. The fourth-order valence-electron chi connectivity index (χ4n) is 1.98. The average Bonchev–Trinajstić information content (AvgIpc) is 2.44. The highest BCUT2D eigenvalue weighted by atomic mass is 16.2. The second-order valence-electron chi connectivity index (χ2n) is 5.92. The first-order valence-corrected chi connectivity index (χ1v) is 7.56. The average molecular weight is 276 g/mol. The van der Waals surface area contributed by atoms with Crippen LogP contribution in [0.25, 0.3) is 0 Å². The van der Waals surface area contributed by atoms with Gasteiger partial charge in [0.2, 0.25) is 5.91 Å². The maximum Gasteiger partial charge on any atom is 0.236 e. The van der Waals surface area contributed by atoms with Crippen molar-refractivity contribution in [2.75, 3.05) is 13.1 Å². The molecule has 0 bridgehead atoms. The third kappa shape index (κ3) is 6.20. The van der Waals surface area contributed by atoms with E-state index in [-0.39, 0.29) is 11.9 Å². The molecule has 2 unspecified atom stereocenters. The van der Waals surface area contributed by atoms with E-state index in [1.54, 1.807) is 0 Å². The third-order valence-electron chi connectivity index (χ3n) is 3.51. The fraction of sp³-hybridized carbons (Fsp3) is 0.588. The van der Waals surface area contributed by atoms with E-state index in [4.69, 9.17) is 0 Å². The SMILES string of the molecule is CC(C)CCNC(=O)C(C)NCC(C)c1ccccc1. The van der Waals surface area contributed by atoms with Crippen LogP contribution in [0.3, 0.4) is 0 Å². The highest BCUT2D eigenvalue weighted by Crippen LogP contribution is 2.13. The zero-order valence-electron chi connectivity index (χ0n) is 13.1. The Morgan fingerprint density at radius 3 is 2.35 bits per heavy atom. The minimum Gasteiger partial charge on any atom is -0.355 e. The van der Waals surface area contributed by atoms with Gasteiger partial charge in [0.25, 0.3) is 0 Å². The number of benzene rings is 1. The van der Waals surface area contributed by atoms with Gasteiger partial charge in [-0.25, -0.2) is 0 Å². The first-order chi connectivity index (χ1) is 9.50. The molecule has 0 aliphatic rings. The van der Waals surface area contributed by atoms with Crippen LogP contribution in [0.4, 0.5) is 0 Å². The Labute approximate surface area is 123 Å². The van der Waals surface area contributed by atoms with E-state index in [2.05, 4.69) is 43.5 Å². The maximum absolute atomic E-state index is 11.9. The van der Waals surface area contributed by atoms with Crippen LogP contribution in [0.2, 0.25) is 0 Å². The number of carbonyl (C=O) groups is 1. The lowest BCUT2D eigenvalue weighted by molar-refractivity contribution is -0.122. The first kappa shape index (κ1) is 16.7. The summed E-state index contributed by atoms with van der Waals surface area (Å²) in [5, 5.41) is 6.28. The second kappa shape index (κ2) is 8.75. The van der Waals surface area contributed by atoms with Crippen LogP contribution < -0.4 is 10.6 Å². The molecule has 0 saturated heterocycles. The van der Waals surface area contributed by atoms with E-state index < -0.39 is 0 Å². The molecule has 0 radical (unpaired) electrons. The zero-order valence-corrected chi connectivity index (χ0v) is 13.1. The van der Waals surface area contributed by atoms with E-state index in [0.717, 1.165) is 19.5 Å². The van der Waals surface area contributed by atoms with Crippen LogP contribution in [-0.4, -0.2) is 25.0 Å². The van der Waals surface area contributed by atoms with E-state index in [1.165, 1.54) is 5.56 Å². The van der Waals surface area contributed by atoms with Crippen molar-refractivity contribution >= 4 is 5.91 Å². The van der Waals surface area contributed by atoms with Gasteiger partial charge in [0.1, 0.15) is 0 Å². The van der Waals surface area contributed by atoms with E-state index in [1.807, 2.05) is 25.1 Å². The molecule has 0 fully saturated rings. The third-order valence-corrected chi connectivity index (χ3v) is 3.51. The normalized spacial score (nSPS) is 14.1. The molecule has 1 rings (SSSR count). The molecule has 2 N–H and O–H groups in total. The molecule has 0 spiro atoms. The zero-order chi connectivity index (χ0) is 15.0. The van der Waals surface area contributed by atoms with Gasteiger partial charge in [-0.15, -0.1) is 0 Å². The highest BCUT2D eigenvalue weighted by Gasteiger charge is 2.13. The van der Waals surface area contributed by atoms with Crippen molar-refractivity contribution in [3.63, 3.8) is 0 Å². The number of nitrogens with one attached hydrogen (secondary N) is 2. The maximum atomic E-state index is 11.9. The van der Waals surface area contributed by atoms with Crippen molar-refractivity contribution in [3.8, 4) is 0 Å². The summed E-state index contributed by atoms with van der Waals surface area (Å²) in [6.07, 6.45) is 1.03. The number of rotatable bonds is 8. The van der Waals surface area contributed by atoms with E-state index in [0.29, 0.717) is 11.8 Å². The molecule has 0 saturated carbocycles. The predicted octanol–water partition coefficient (Wildman–Crippen LogP) is 2.93. The predicted molar refractivity (Wildman–Crippen MR) is 84.8 cm³/mol. The monoisotopic (exact) mass is 276 g/mol. The van der Waals surface area contributed by atoms with Crippen molar-refractivity contribution in [1.82, 2.24) is 10.6 Å². The summed E-state index contributed by atoms with van der Waals surface area (Å²) in [5.74, 6) is 1.12. The van der Waals surface area contributed by atoms with Crippen LogP contribution in [0, 0.1) is 5.92 Å². The van der Waals surface area contributed by atoms with Crippen molar-refractivity contribution in [1.29, 1.82) is 0 Å². The quantitative estimate of drug-likeness (QED) is 0.766. The van der Waals surface area contributed by atoms with Crippen molar-refractivity contribution in [2.24, 2.45) is 5.92 Å². The molecule has 3 nitrogen and oxygen atoms in total. The molecule has 112 valence electrons. The van der Waals surface area contributed by atoms with Gasteiger partial charge in [-0.05, 0) is 30.7 Å². The van der Waals surface area contributed by atoms with E-state index >= 15 is 0 Å². The van der Waals surface area contributed by atoms with Crippen LogP contribution >= 0.6 is 0 Å². The fourth-order valence-corrected chi connectivity index (χ4v) is 1.98. The van der Waals surface area contributed by atoms with Gasteiger partial charge in [0, 0.05) is 13.1 Å². The summed E-state index contributed by atoms with van der Waals surface area (Å²) in [4.78, 5) is 11.9. The lowest BCUT2D eigenvalue weighted by Gasteiger charge is -2.18. The molecular weight excluding hydrogens is 248 g/mol. The Morgan fingerprint density at radius 2 is 1.75 bits per heavy atom. The topological polar surface area (TPSA) is 41.1 Å². The summed E-state index contributed by atoms with van der Waals surface area (Å²) >= 11 is 0. The van der Waals surface area contributed by atoms with Crippen LogP contribution in [-0.2, 0) is 4.79 Å². The molecule has 1 aromatic rings. The summed E-state index contributed by atoms with van der Waals surface area (Å²) < 4.78 is 0. The summed E-state index contributed by atoms with van der Waals surface area (Å²) in [7, 11) is 0. The van der Waals surface area contributed by atoms with Crippen LogP contribution in [0.1, 0.15) is 45.6 Å². The number of hydrogen-bond acceptors (Lipinski definition) is 2. The van der Waals surface area contributed by atoms with Crippen molar-refractivity contribution < 1.29 is 4.79 Å². The van der Waals surface area contributed by atoms with Gasteiger partial charge >= 0.3 is 0 Å². The Kier molecular flexibility index (Phi) is 7.31. The Hall–Kier alpha value is -1.35. The second-order valence-corrected chi connectivity index (χ2v) is 5.92. The standard InChI is InChI=1S/C17H28N2O/c1-13(2)10-11-18-17(20)15(4)19-12-14(3)16-8-6-5-7-9-16/h5-9,13-15,19H,10-12H2,1-4H3,(H,18,20). The van der Waals surface area contributed by atoms with Gasteiger partial charge in [-0.1, -0.05) is 51.1 Å². The van der Waals surface area contributed by atoms with Gasteiger partial charge in [-0.3, -0.25) is 4.79 Å². The number of hydrogen-bond donors (Lipinski definition) is 2. The molecule has 0 aromatic heterocycles. The van der Waals surface area contributed by atoms with Crippen molar-refractivity contribution in [2.45, 2.75) is 46.1 Å². The van der Waals surface area contributed by atoms with Gasteiger partial charge in [0.05, 0.1) is 6.04 Å². The molecule has 2 atom stereocenters. The minimum absolute atomic E-state index is 0.0888. The molecule has 0 aliphatic heterocycles. The lowest BCUT2D eigenvalue weighted by Crippen LogP contribution is -2.43. The smallest absolute Gasteiger partial charge is 0.236 e. The Balaban J connectivity index is 2.28. The van der Waals surface area contributed by atoms with Gasteiger partial charge < -0.3 is 10.6 Å². The van der Waals surface area contributed by atoms with Crippen molar-refractivity contribution in [3.05, 3.63) is 35.9 Å². The molecule has 1 aromatic carbocycles. The summed E-state index contributed by atoms with van der Waals surface area (Å²) in [5.41, 5.74) is 1.30. The molecule has 0 aliphatic carbocycles. The number of amides is 1. The molecule has 3 heteroatoms. The van der Waals surface area contributed by atoms with Gasteiger partial charge in [-0.2, -0.15) is 0 Å². The molecule has 1 amide bonds. The molecular formula is C17H28N2O. The molecule has 0 heterocycles. The lowest BCUT2D eigenvalue weighted by atomic mass is 10.0. The van der Waals surface area contributed by atoms with Crippen LogP contribution in [0.15, 0.2) is 30.3 Å².